The van der Waals surface area contributed by atoms with E-state index in [4.69, 9.17) is 10.5 Å². The molecule has 2 aromatic carbocycles. The van der Waals surface area contributed by atoms with Gasteiger partial charge in [-0.1, -0.05) is 36.4 Å². The van der Waals surface area contributed by atoms with Crippen LogP contribution in [0.5, 0.6) is 5.75 Å². The standard InChI is InChI=1S/C18H18N2O/c1-13-9-10-15-6-4-8-17(18(15)20-13)21-12-11-14-5-2-3-7-16(14)19/h2-10H,11-12,19H2,1H3. The number of ether oxygens (including phenoxy) is 1. The lowest BCUT2D eigenvalue weighted by Gasteiger charge is -2.10. The van der Waals surface area contributed by atoms with Crippen molar-refractivity contribution in [1.82, 2.24) is 4.98 Å². The summed E-state index contributed by atoms with van der Waals surface area (Å²) in [6.45, 7) is 2.57. The number of nitrogen functional groups attached to an aromatic ring is 1. The maximum Gasteiger partial charge on any atom is 0.145 e. The lowest BCUT2D eigenvalue weighted by molar-refractivity contribution is 0.325. The Labute approximate surface area is 124 Å². The number of para-hydroxylation sites is 2. The van der Waals surface area contributed by atoms with Crippen molar-refractivity contribution in [3.63, 3.8) is 0 Å². The molecule has 2 N–H and O–H groups in total. The van der Waals surface area contributed by atoms with E-state index in [9.17, 15) is 0 Å². The molecule has 3 aromatic rings. The number of nitrogens with zero attached hydrogens (tertiary/aromatic N) is 1. The van der Waals surface area contributed by atoms with E-state index >= 15 is 0 Å². The Kier molecular flexibility index (Phi) is 3.73. The first-order chi connectivity index (χ1) is 10.2. The van der Waals surface area contributed by atoms with Gasteiger partial charge in [0, 0.05) is 23.2 Å². The van der Waals surface area contributed by atoms with E-state index in [0.717, 1.165) is 40.0 Å². The number of rotatable bonds is 4. The molecule has 21 heavy (non-hydrogen) atoms. The van der Waals surface area contributed by atoms with E-state index in [2.05, 4.69) is 11.1 Å². The van der Waals surface area contributed by atoms with Crippen molar-refractivity contribution in [3.05, 3.63) is 65.9 Å². The van der Waals surface area contributed by atoms with Gasteiger partial charge < -0.3 is 10.5 Å². The second-order valence-electron chi connectivity index (χ2n) is 5.08. The molecule has 0 aliphatic carbocycles. The Balaban J connectivity index is 1.77. The van der Waals surface area contributed by atoms with Gasteiger partial charge in [-0.25, -0.2) is 4.98 Å². The minimum atomic E-state index is 0.586. The second-order valence-corrected chi connectivity index (χ2v) is 5.08. The molecule has 1 aromatic heterocycles. The van der Waals surface area contributed by atoms with Crippen LogP contribution in [-0.2, 0) is 6.42 Å². The zero-order valence-corrected chi connectivity index (χ0v) is 12.0. The Morgan fingerprint density at radius 2 is 1.86 bits per heavy atom. The third-order valence-electron chi connectivity index (χ3n) is 3.51. The van der Waals surface area contributed by atoms with E-state index in [-0.39, 0.29) is 0 Å². The van der Waals surface area contributed by atoms with Gasteiger partial charge in [0.05, 0.1) is 6.61 Å². The smallest absolute Gasteiger partial charge is 0.145 e. The minimum absolute atomic E-state index is 0.586. The number of pyridine rings is 1. The summed E-state index contributed by atoms with van der Waals surface area (Å²) in [4.78, 5) is 4.57. The van der Waals surface area contributed by atoms with E-state index in [1.165, 1.54) is 0 Å². The average molecular weight is 278 g/mol. The average Bonchev–Trinajstić information content (AvgIpc) is 2.49. The molecule has 0 spiro atoms. The number of hydrogen-bond acceptors (Lipinski definition) is 3. The molecule has 1 heterocycles. The fourth-order valence-electron chi connectivity index (χ4n) is 2.37. The molecule has 0 aliphatic heterocycles. The van der Waals surface area contributed by atoms with Gasteiger partial charge in [0.2, 0.25) is 0 Å². The molecule has 0 amide bonds. The van der Waals surface area contributed by atoms with E-state index < -0.39 is 0 Å². The van der Waals surface area contributed by atoms with Gasteiger partial charge >= 0.3 is 0 Å². The van der Waals surface area contributed by atoms with Crippen LogP contribution in [0.2, 0.25) is 0 Å². The molecule has 0 unspecified atom stereocenters. The number of aryl methyl sites for hydroxylation is 1. The van der Waals surface area contributed by atoms with Crippen molar-refractivity contribution in [3.8, 4) is 5.75 Å². The predicted molar refractivity (Wildman–Crippen MR) is 86.5 cm³/mol. The maximum absolute atomic E-state index is 5.94. The molecular weight excluding hydrogens is 260 g/mol. The fraction of sp³-hybridized carbons (Fsp3) is 0.167. The van der Waals surface area contributed by atoms with Gasteiger partial charge in [0.1, 0.15) is 11.3 Å². The van der Waals surface area contributed by atoms with Gasteiger partial charge in [0.25, 0.3) is 0 Å². The number of benzene rings is 2. The van der Waals surface area contributed by atoms with E-state index in [1.54, 1.807) is 0 Å². The monoisotopic (exact) mass is 278 g/mol. The largest absolute Gasteiger partial charge is 0.491 e. The molecular formula is C18H18N2O. The first-order valence-electron chi connectivity index (χ1n) is 7.06. The fourth-order valence-corrected chi connectivity index (χ4v) is 2.37. The van der Waals surface area contributed by atoms with Crippen LogP contribution in [0.3, 0.4) is 0 Å². The molecule has 3 rings (SSSR count). The molecule has 0 saturated heterocycles. The van der Waals surface area contributed by atoms with E-state index in [1.807, 2.05) is 55.5 Å². The van der Waals surface area contributed by atoms with Gasteiger partial charge in [-0.3, -0.25) is 0 Å². The maximum atomic E-state index is 5.94. The van der Waals surface area contributed by atoms with Gasteiger partial charge in [0.15, 0.2) is 0 Å². The first kappa shape index (κ1) is 13.4. The summed E-state index contributed by atoms with van der Waals surface area (Å²) in [5, 5.41) is 1.09. The van der Waals surface area contributed by atoms with E-state index in [0.29, 0.717) is 6.61 Å². The molecule has 3 heteroatoms. The zero-order chi connectivity index (χ0) is 14.7. The van der Waals surface area contributed by atoms with Crippen LogP contribution in [0, 0.1) is 6.92 Å². The molecule has 106 valence electrons. The summed E-state index contributed by atoms with van der Waals surface area (Å²) in [6, 6.07) is 18.0. The SMILES string of the molecule is Cc1ccc2cccc(OCCc3ccccc3N)c2n1. The van der Waals surface area contributed by atoms with Crippen LogP contribution < -0.4 is 10.5 Å². The zero-order valence-electron chi connectivity index (χ0n) is 12.0. The summed E-state index contributed by atoms with van der Waals surface area (Å²) in [5.41, 5.74) is 9.78. The highest BCUT2D eigenvalue weighted by Crippen LogP contribution is 2.24. The van der Waals surface area contributed by atoms with Crippen molar-refractivity contribution < 1.29 is 4.74 Å². The molecule has 0 fully saturated rings. The van der Waals surface area contributed by atoms with Crippen molar-refractivity contribution in [2.75, 3.05) is 12.3 Å². The summed E-state index contributed by atoms with van der Waals surface area (Å²) in [6.07, 6.45) is 0.787. The van der Waals surface area contributed by atoms with Gasteiger partial charge in [-0.2, -0.15) is 0 Å². The number of aromatic nitrogens is 1. The molecule has 0 radical (unpaired) electrons. The van der Waals surface area contributed by atoms with Crippen LogP contribution in [0.4, 0.5) is 5.69 Å². The summed E-state index contributed by atoms with van der Waals surface area (Å²) in [5.74, 6) is 0.825. The number of fused-ring (bicyclic) bond motifs is 1. The lowest BCUT2D eigenvalue weighted by Crippen LogP contribution is -2.04. The third kappa shape index (κ3) is 2.97. The molecule has 0 saturated carbocycles. The van der Waals surface area contributed by atoms with Gasteiger partial charge in [-0.15, -0.1) is 0 Å². The highest BCUT2D eigenvalue weighted by Gasteiger charge is 2.04. The Bertz CT molecular complexity index is 768. The first-order valence-corrected chi connectivity index (χ1v) is 7.06. The molecule has 0 atom stereocenters. The number of nitrogens with two attached hydrogens (primary N) is 1. The number of hydrogen-bond donors (Lipinski definition) is 1. The Morgan fingerprint density at radius 3 is 2.71 bits per heavy atom. The van der Waals surface area contributed by atoms with Crippen molar-refractivity contribution in [1.29, 1.82) is 0 Å². The summed E-state index contributed by atoms with van der Waals surface area (Å²) < 4.78 is 5.92. The van der Waals surface area contributed by atoms with Crippen molar-refractivity contribution in [2.45, 2.75) is 13.3 Å². The normalized spacial score (nSPS) is 10.7. The number of anilines is 1. The topological polar surface area (TPSA) is 48.1 Å². The minimum Gasteiger partial charge on any atom is -0.491 e. The molecule has 0 bridgehead atoms. The van der Waals surface area contributed by atoms with Crippen LogP contribution in [-0.4, -0.2) is 11.6 Å². The van der Waals surface area contributed by atoms with Crippen molar-refractivity contribution >= 4 is 16.6 Å². The third-order valence-corrected chi connectivity index (χ3v) is 3.51. The highest BCUT2D eigenvalue weighted by molar-refractivity contribution is 5.84. The van der Waals surface area contributed by atoms with Crippen LogP contribution in [0.15, 0.2) is 54.6 Å². The summed E-state index contributed by atoms with van der Waals surface area (Å²) in [7, 11) is 0. The predicted octanol–water partition coefficient (Wildman–Crippen LogP) is 3.75. The Hall–Kier alpha value is -2.55. The lowest BCUT2D eigenvalue weighted by atomic mass is 10.1. The highest BCUT2D eigenvalue weighted by atomic mass is 16.5. The Morgan fingerprint density at radius 1 is 1.00 bits per heavy atom. The quantitative estimate of drug-likeness (QED) is 0.739. The van der Waals surface area contributed by atoms with Crippen LogP contribution in [0.1, 0.15) is 11.3 Å². The van der Waals surface area contributed by atoms with Crippen LogP contribution in [0.25, 0.3) is 10.9 Å². The second kappa shape index (κ2) is 5.83. The summed E-state index contributed by atoms with van der Waals surface area (Å²) >= 11 is 0. The molecule has 0 aliphatic rings. The van der Waals surface area contributed by atoms with Gasteiger partial charge in [-0.05, 0) is 30.7 Å². The van der Waals surface area contributed by atoms with Crippen LogP contribution >= 0.6 is 0 Å². The van der Waals surface area contributed by atoms with Crippen molar-refractivity contribution in [2.24, 2.45) is 0 Å². The molecule has 3 nitrogen and oxygen atoms in total.